The molecule has 1 heterocycles. The van der Waals surface area contributed by atoms with E-state index in [1.807, 2.05) is 30.3 Å². The third-order valence-electron chi connectivity index (χ3n) is 4.33. The molecule has 0 aliphatic rings. The van der Waals surface area contributed by atoms with Gasteiger partial charge in [0.2, 0.25) is 0 Å². The Morgan fingerprint density at radius 3 is 2.07 bits per heavy atom. The fraction of sp³-hybridized carbons (Fsp3) is 0.0833. The van der Waals surface area contributed by atoms with Crippen LogP contribution in [0.2, 0.25) is 0 Å². The van der Waals surface area contributed by atoms with Gasteiger partial charge in [-0.05, 0) is 50.1 Å². The number of rotatable bonds is 1. The van der Waals surface area contributed by atoms with Gasteiger partial charge in [0.25, 0.3) is 0 Å². The fourth-order valence-electron chi connectivity index (χ4n) is 2.80. The van der Waals surface area contributed by atoms with Crippen LogP contribution in [0.5, 0.6) is 0 Å². The van der Waals surface area contributed by atoms with Crippen LogP contribution >= 0.6 is 15.9 Å². The highest BCUT2D eigenvalue weighted by molar-refractivity contribution is 9.10. The highest BCUT2D eigenvalue weighted by Crippen LogP contribution is 2.25. The molecule has 0 spiro atoms. The first-order valence-corrected chi connectivity index (χ1v) is 9.51. The molecule has 4 aromatic rings. The van der Waals surface area contributed by atoms with Gasteiger partial charge in [-0.1, -0.05) is 69.4 Å². The average molecular weight is 413 g/mol. The zero-order chi connectivity index (χ0) is 18.8. The molecule has 130 valence electrons. The van der Waals surface area contributed by atoms with Crippen molar-refractivity contribution in [3.63, 3.8) is 0 Å². The molecule has 3 heteroatoms. The number of hydrogen-bond donors (Lipinski definition) is 0. The minimum absolute atomic E-state index is 0.685. The van der Waals surface area contributed by atoms with Crippen LogP contribution < -0.4 is 0 Å². The lowest BCUT2D eigenvalue weighted by atomic mass is 10.1. The molecular formula is C24H17BrN2. The van der Waals surface area contributed by atoms with Crippen LogP contribution in [-0.2, 0) is 0 Å². The van der Waals surface area contributed by atoms with Crippen molar-refractivity contribution >= 4 is 27.0 Å². The van der Waals surface area contributed by atoms with Crippen molar-refractivity contribution in [3.8, 4) is 23.1 Å². The van der Waals surface area contributed by atoms with Crippen molar-refractivity contribution < 1.29 is 0 Å². The standard InChI is InChI=1S/C24H17BrN2/c1-16-3-7-18(8-4-16)9-13-22-24(19-10-5-17(2)6-11-19)27-21-14-12-20(25)15-23(21)26-22/h3-8,10-12,14-15H,1-2H3. The Labute approximate surface area is 167 Å². The van der Waals surface area contributed by atoms with E-state index < -0.39 is 0 Å². The van der Waals surface area contributed by atoms with Gasteiger partial charge in [-0.3, -0.25) is 0 Å². The molecule has 4 rings (SSSR count). The van der Waals surface area contributed by atoms with Gasteiger partial charge in [-0.2, -0.15) is 0 Å². The topological polar surface area (TPSA) is 25.8 Å². The van der Waals surface area contributed by atoms with Crippen molar-refractivity contribution in [1.82, 2.24) is 9.97 Å². The van der Waals surface area contributed by atoms with Gasteiger partial charge in [0, 0.05) is 15.6 Å². The highest BCUT2D eigenvalue weighted by atomic mass is 79.9. The number of aryl methyl sites for hydroxylation is 2. The lowest BCUT2D eigenvalue weighted by Gasteiger charge is -2.07. The first-order chi connectivity index (χ1) is 13.1. The van der Waals surface area contributed by atoms with E-state index in [0.717, 1.165) is 32.3 Å². The van der Waals surface area contributed by atoms with Gasteiger partial charge in [-0.25, -0.2) is 9.97 Å². The summed E-state index contributed by atoms with van der Waals surface area (Å²) in [6.45, 7) is 4.14. The molecule has 0 aliphatic carbocycles. The molecule has 0 saturated heterocycles. The van der Waals surface area contributed by atoms with Crippen LogP contribution in [0, 0.1) is 25.7 Å². The SMILES string of the molecule is Cc1ccc(C#Cc2nc3cc(Br)ccc3nc2-c2ccc(C)cc2)cc1. The molecule has 0 amide bonds. The largest absolute Gasteiger partial charge is 0.243 e. The van der Waals surface area contributed by atoms with Gasteiger partial charge in [0.15, 0.2) is 0 Å². The number of aromatic nitrogens is 2. The Morgan fingerprint density at radius 2 is 1.37 bits per heavy atom. The van der Waals surface area contributed by atoms with Gasteiger partial charge in [0.1, 0.15) is 11.4 Å². The van der Waals surface area contributed by atoms with E-state index in [1.54, 1.807) is 0 Å². The molecule has 0 radical (unpaired) electrons. The van der Waals surface area contributed by atoms with E-state index in [2.05, 4.69) is 78.0 Å². The van der Waals surface area contributed by atoms with Crippen molar-refractivity contribution in [1.29, 1.82) is 0 Å². The number of hydrogen-bond acceptors (Lipinski definition) is 2. The molecular weight excluding hydrogens is 396 g/mol. The summed E-state index contributed by atoms with van der Waals surface area (Å²) in [5, 5.41) is 0. The molecule has 2 nitrogen and oxygen atoms in total. The second-order valence-electron chi connectivity index (χ2n) is 6.54. The Bertz CT molecular complexity index is 1180. The molecule has 0 N–H and O–H groups in total. The minimum Gasteiger partial charge on any atom is -0.243 e. The molecule has 0 saturated carbocycles. The molecule has 3 aromatic carbocycles. The summed E-state index contributed by atoms with van der Waals surface area (Å²) in [4.78, 5) is 9.66. The summed E-state index contributed by atoms with van der Waals surface area (Å²) in [6.07, 6.45) is 0. The summed E-state index contributed by atoms with van der Waals surface area (Å²) in [6, 6.07) is 22.4. The summed E-state index contributed by atoms with van der Waals surface area (Å²) in [5.74, 6) is 6.46. The Balaban J connectivity index is 1.89. The van der Waals surface area contributed by atoms with Crippen molar-refractivity contribution in [2.45, 2.75) is 13.8 Å². The lowest BCUT2D eigenvalue weighted by molar-refractivity contribution is 1.26. The summed E-state index contributed by atoms with van der Waals surface area (Å²) in [5.41, 5.74) is 7.59. The monoisotopic (exact) mass is 412 g/mol. The predicted molar refractivity (Wildman–Crippen MR) is 115 cm³/mol. The normalized spacial score (nSPS) is 10.5. The number of halogens is 1. The Hall–Kier alpha value is -2.96. The molecule has 0 atom stereocenters. The van der Waals surface area contributed by atoms with E-state index in [-0.39, 0.29) is 0 Å². The third kappa shape index (κ3) is 3.92. The van der Waals surface area contributed by atoms with Crippen LogP contribution in [0.4, 0.5) is 0 Å². The first-order valence-electron chi connectivity index (χ1n) is 8.71. The second kappa shape index (κ2) is 7.34. The second-order valence-corrected chi connectivity index (χ2v) is 7.45. The van der Waals surface area contributed by atoms with Gasteiger partial charge in [0.05, 0.1) is 11.0 Å². The van der Waals surface area contributed by atoms with E-state index in [4.69, 9.17) is 9.97 Å². The first kappa shape index (κ1) is 17.5. The summed E-state index contributed by atoms with van der Waals surface area (Å²) >= 11 is 3.51. The van der Waals surface area contributed by atoms with Gasteiger partial charge < -0.3 is 0 Å². The van der Waals surface area contributed by atoms with Crippen molar-refractivity contribution in [3.05, 3.63) is 93.6 Å². The Kier molecular flexibility index (Phi) is 4.75. The zero-order valence-corrected chi connectivity index (χ0v) is 16.7. The lowest BCUT2D eigenvalue weighted by Crippen LogP contribution is -1.96. The fourth-order valence-corrected chi connectivity index (χ4v) is 3.14. The van der Waals surface area contributed by atoms with Crippen LogP contribution in [-0.4, -0.2) is 9.97 Å². The minimum atomic E-state index is 0.685. The van der Waals surface area contributed by atoms with Gasteiger partial charge >= 0.3 is 0 Å². The van der Waals surface area contributed by atoms with Crippen LogP contribution in [0.1, 0.15) is 22.4 Å². The van der Waals surface area contributed by atoms with E-state index in [0.29, 0.717) is 5.69 Å². The Morgan fingerprint density at radius 1 is 0.704 bits per heavy atom. The van der Waals surface area contributed by atoms with Crippen LogP contribution in [0.15, 0.2) is 71.2 Å². The summed E-state index contributed by atoms with van der Waals surface area (Å²) < 4.78 is 0.977. The van der Waals surface area contributed by atoms with Crippen molar-refractivity contribution in [2.75, 3.05) is 0 Å². The molecule has 0 fully saturated rings. The molecule has 27 heavy (non-hydrogen) atoms. The van der Waals surface area contributed by atoms with E-state index in [1.165, 1.54) is 11.1 Å². The molecule has 0 aliphatic heterocycles. The number of nitrogens with zero attached hydrogens (tertiary/aromatic N) is 2. The van der Waals surface area contributed by atoms with Crippen molar-refractivity contribution in [2.24, 2.45) is 0 Å². The number of benzene rings is 3. The van der Waals surface area contributed by atoms with Crippen LogP contribution in [0.25, 0.3) is 22.3 Å². The van der Waals surface area contributed by atoms with E-state index >= 15 is 0 Å². The van der Waals surface area contributed by atoms with E-state index in [9.17, 15) is 0 Å². The highest BCUT2D eigenvalue weighted by Gasteiger charge is 2.10. The maximum Gasteiger partial charge on any atom is 0.140 e. The molecule has 1 aromatic heterocycles. The average Bonchev–Trinajstić information content (AvgIpc) is 2.67. The van der Waals surface area contributed by atoms with Gasteiger partial charge in [-0.15, -0.1) is 0 Å². The zero-order valence-electron chi connectivity index (χ0n) is 15.1. The maximum atomic E-state index is 4.86. The smallest absolute Gasteiger partial charge is 0.140 e. The molecule has 0 unspecified atom stereocenters. The predicted octanol–water partition coefficient (Wildman–Crippen LogP) is 6.08. The quantitative estimate of drug-likeness (QED) is 0.354. The maximum absolute atomic E-state index is 4.86. The summed E-state index contributed by atoms with van der Waals surface area (Å²) in [7, 11) is 0. The van der Waals surface area contributed by atoms with Crippen LogP contribution in [0.3, 0.4) is 0 Å². The molecule has 0 bridgehead atoms. The number of fused-ring (bicyclic) bond motifs is 1. The third-order valence-corrected chi connectivity index (χ3v) is 4.82.